The zero-order chi connectivity index (χ0) is 18.5. The Morgan fingerprint density at radius 2 is 2.00 bits per heavy atom. The Labute approximate surface area is 155 Å². The van der Waals surface area contributed by atoms with Gasteiger partial charge in [-0.05, 0) is 25.0 Å². The van der Waals surface area contributed by atoms with E-state index in [1.165, 1.54) is 7.05 Å². The maximum atomic E-state index is 12.5. The molecule has 1 aliphatic carbocycles. The number of rotatable bonds is 4. The Hall–Kier alpha value is -2.48. The van der Waals surface area contributed by atoms with Crippen LogP contribution in [0.2, 0.25) is 0 Å². The van der Waals surface area contributed by atoms with Gasteiger partial charge in [-0.3, -0.25) is 14.9 Å². The van der Waals surface area contributed by atoms with Gasteiger partial charge < -0.3 is 10.1 Å². The van der Waals surface area contributed by atoms with Gasteiger partial charge in [0.15, 0.2) is 6.61 Å². The third-order valence-corrected chi connectivity index (χ3v) is 5.69. The van der Waals surface area contributed by atoms with Crippen molar-refractivity contribution in [1.29, 1.82) is 0 Å². The molecule has 1 saturated carbocycles. The predicted molar refractivity (Wildman–Crippen MR) is 97.9 cm³/mol. The monoisotopic (exact) mass is 375 g/mol. The molecule has 2 N–H and O–H groups in total. The first-order chi connectivity index (χ1) is 12.6. The van der Waals surface area contributed by atoms with Crippen LogP contribution in [0.15, 0.2) is 24.3 Å². The molecule has 1 aromatic carbocycles. The van der Waals surface area contributed by atoms with Crippen molar-refractivity contribution in [1.82, 2.24) is 15.6 Å². The Morgan fingerprint density at radius 1 is 1.23 bits per heavy atom. The summed E-state index contributed by atoms with van der Waals surface area (Å²) >= 11 is 1.61. The van der Waals surface area contributed by atoms with Gasteiger partial charge >= 0.3 is 12.0 Å². The molecule has 0 radical (unpaired) electrons. The summed E-state index contributed by atoms with van der Waals surface area (Å²) in [5, 5.41) is 5.29. The summed E-state index contributed by atoms with van der Waals surface area (Å²) in [5.41, 5.74) is 0.940. The van der Waals surface area contributed by atoms with Gasteiger partial charge in [0, 0.05) is 13.0 Å². The van der Waals surface area contributed by atoms with Crippen molar-refractivity contribution < 1.29 is 19.1 Å². The molecule has 3 rings (SSSR count). The third kappa shape index (κ3) is 4.19. The van der Waals surface area contributed by atoms with Gasteiger partial charge in [0.05, 0.1) is 21.1 Å². The van der Waals surface area contributed by atoms with Gasteiger partial charge in [-0.2, -0.15) is 0 Å². The van der Waals surface area contributed by atoms with E-state index in [1.54, 1.807) is 11.3 Å². The van der Waals surface area contributed by atoms with Crippen LogP contribution >= 0.6 is 11.3 Å². The minimum Gasteiger partial charge on any atom is -0.455 e. The largest absolute Gasteiger partial charge is 0.455 e. The fourth-order valence-corrected chi connectivity index (χ4v) is 4.39. The van der Waals surface area contributed by atoms with Gasteiger partial charge in [-0.25, -0.2) is 9.78 Å². The first-order valence-corrected chi connectivity index (χ1v) is 9.44. The number of ether oxygens (including phenoxy) is 1. The van der Waals surface area contributed by atoms with E-state index < -0.39 is 24.5 Å². The molecule has 0 saturated heterocycles. The number of carbonyl (C=O) groups excluding carboxylic acids is 3. The minimum atomic E-state index is -0.648. The second-order valence-electron chi connectivity index (χ2n) is 6.25. The molecule has 2 atom stereocenters. The standard InChI is InChI=1S/C18H21N3O4S/c1-19-18(24)21-15(22)10-25-17(23)12-7-3-2-6-11(12)16-20-13-8-4-5-9-14(13)26-16/h4-5,8-9,11-12H,2-3,6-7,10H2,1H3,(H2,19,21,22,24)/t11-,12-/m1/s1. The number of amides is 3. The summed E-state index contributed by atoms with van der Waals surface area (Å²) < 4.78 is 6.26. The highest BCUT2D eigenvalue weighted by molar-refractivity contribution is 7.18. The summed E-state index contributed by atoms with van der Waals surface area (Å²) in [4.78, 5) is 39.9. The molecule has 1 aromatic heterocycles. The fourth-order valence-electron chi connectivity index (χ4n) is 3.23. The minimum absolute atomic E-state index is 0.00986. The molecule has 0 bridgehead atoms. The number of nitrogens with one attached hydrogen (secondary N) is 2. The summed E-state index contributed by atoms with van der Waals surface area (Å²) in [6, 6.07) is 7.28. The lowest BCUT2D eigenvalue weighted by Crippen LogP contribution is -2.40. The fraction of sp³-hybridized carbons (Fsp3) is 0.444. The van der Waals surface area contributed by atoms with Crippen molar-refractivity contribution in [2.75, 3.05) is 13.7 Å². The lowest BCUT2D eigenvalue weighted by atomic mass is 9.79. The highest BCUT2D eigenvalue weighted by Gasteiger charge is 2.35. The summed E-state index contributed by atoms with van der Waals surface area (Å²) in [7, 11) is 1.40. The van der Waals surface area contributed by atoms with Crippen LogP contribution in [-0.2, 0) is 14.3 Å². The Kier molecular flexibility index (Phi) is 5.82. The van der Waals surface area contributed by atoms with E-state index in [4.69, 9.17) is 9.72 Å². The molecule has 0 aliphatic heterocycles. The average molecular weight is 375 g/mol. The molecule has 1 aliphatic rings. The molecule has 26 heavy (non-hydrogen) atoms. The summed E-state index contributed by atoms with van der Waals surface area (Å²) in [6.45, 7) is -0.463. The van der Waals surface area contributed by atoms with E-state index in [2.05, 4.69) is 10.6 Å². The Balaban J connectivity index is 1.67. The van der Waals surface area contributed by atoms with Gasteiger partial charge in [0.1, 0.15) is 0 Å². The molecule has 1 heterocycles. The molecule has 138 valence electrons. The van der Waals surface area contributed by atoms with Crippen molar-refractivity contribution in [3.05, 3.63) is 29.3 Å². The van der Waals surface area contributed by atoms with Crippen LogP contribution in [0, 0.1) is 5.92 Å². The van der Waals surface area contributed by atoms with Crippen molar-refractivity contribution in [3.8, 4) is 0 Å². The van der Waals surface area contributed by atoms with E-state index in [0.717, 1.165) is 40.9 Å². The van der Waals surface area contributed by atoms with Crippen LogP contribution in [0.1, 0.15) is 36.6 Å². The normalized spacial score (nSPS) is 19.7. The SMILES string of the molecule is CNC(=O)NC(=O)COC(=O)[C@@H]1CCCC[C@H]1c1nc2ccccc2s1. The number of urea groups is 1. The Bertz CT molecular complexity index is 787. The first-order valence-electron chi connectivity index (χ1n) is 8.62. The molecule has 1 fully saturated rings. The number of hydrogen-bond donors (Lipinski definition) is 2. The molecular formula is C18H21N3O4S. The number of thiazole rings is 1. The van der Waals surface area contributed by atoms with E-state index in [1.807, 2.05) is 24.3 Å². The van der Waals surface area contributed by atoms with Crippen LogP contribution in [-0.4, -0.2) is 36.5 Å². The highest BCUT2D eigenvalue weighted by Crippen LogP contribution is 2.41. The highest BCUT2D eigenvalue weighted by atomic mass is 32.1. The number of hydrogen-bond acceptors (Lipinski definition) is 6. The predicted octanol–water partition coefficient (Wildman–Crippen LogP) is 2.57. The maximum Gasteiger partial charge on any atom is 0.321 e. The molecule has 3 amide bonds. The topological polar surface area (TPSA) is 97.4 Å². The average Bonchev–Trinajstić information content (AvgIpc) is 3.10. The third-order valence-electron chi connectivity index (χ3n) is 4.52. The summed E-state index contributed by atoms with van der Waals surface area (Å²) in [6.07, 6.45) is 3.59. The molecule has 0 unspecified atom stereocenters. The number of nitrogens with zero attached hydrogens (tertiary/aromatic N) is 1. The quantitative estimate of drug-likeness (QED) is 0.801. The van der Waals surface area contributed by atoms with Crippen LogP contribution in [0.25, 0.3) is 10.2 Å². The van der Waals surface area contributed by atoms with Crippen LogP contribution in [0.4, 0.5) is 4.79 Å². The van der Waals surface area contributed by atoms with E-state index in [0.29, 0.717) is 0 Å². The van der Waals surface area contributed by atoms with E-state index in [9.17, 15) is 14.4 Å². The zero-order valence-corrected chi connectivity index (χ0v) is 15.3. The van der Waals surface area contributed by atoms with E-state index in [-0.39, 0.29) is 11.8 Å². The van der Waals surface area contributed by atoms with Crippen LogP contribution < -0.4 is 10.6 Å². The number of benzene rings is 1. The smallest absolute Gasteiger partial charge is 0.321 e. The molecule has 8 heteroatoms. The first kappa shape index (κ1) is 18.3. The van der Waals surface area contributed by atoms with Crippen LogP contribution in [0.5, 0.6) is 0 Å². The number of esters is 1. The van der Waals surface area contributed by atoms with Crippen molar-refractivity contribution >= 4 is 39.5 Å². The lowest BCUT2D eigenvalue weighted by molar-refractivity contribution is -0.154. The van der Waals surface area contributed by atoms with Gasteiger partial charge in [0.25, 0.3) is 5.91 Å². The van der Waals surface area contributed by atoms with Crippen molar-refractivity contribution in [2.24, 2.45) is 5.92 Å². The number of aromatic nitrogens is 1. The van der Waals surface area contributed by atoms with Crippen molar-refractivity contribution in [3.63, 3.8) is 0 Å². The number of fused-ring (bicyclic) bond motifs is 1. The molecule has 7 nitrogen and oxygen atoms in total. The van der Waals surface area contributed by atoms with Crippen LogP contribution in [0.3, 0.4) is 0 Å². The molecular weight excluding hydrogens is 354 g/mol. The lowest BCUT2D eigenvalue weighted by Gasteiger charge is -2.28. The number of imide groups is 1. The van der Waals surface area contributed by atoms with Gasteiger partial charge in [-0.15, -0.1) is 11.3 Å². The molecule has 0 spiro atoms. The van der Waals surface area contributed by atoms with Crippen molar-refractivity contribution in [2.45, 2.75) is 31.6 Å². The van der Waals surface area contributed by atoms with Gasteiger partial charge in [0.2, 0.25) is 0 Å². The Morgan fingerprint density at radius 3 is 2.77 bits per heavy atom. The second-order valence-corrected chi connectivity index (χ2v) is 7.31. The number of carbonyl (C=O) groups is 3. The number of para-hydroxylation sites is 1. The summed E-state index contributed by atoms with van der Waals surface area (Å²) in [5.74, 6) is -1.35. The molecule has 2 aromatic rings. The van der Waals surface area contributed by atoms with E-state index >= 15 is 0 Å². The maximum absolute atomic E-state index is 12.5. The zero-order valence-electron chi connectivity index (χ0n) is 14.5. The second kappa shape index (κ2) is 8.27. The van der Waals surface area contributed by atoms with Gasteiger partial charge in [-0.1, -0.05) is 25.0 Å².